The van der Waals surface area contributed by atoms with Gasteiger partial charge in [-0.15, -0.1) is 10.2 Å². The molecular formula is C12H22N4O4S. The van der Waals surface area contributed by atoms with Gasteiger partial charge in [0.2, 0.25) is 9.84 Å². The first-order valence-electron chi connectivity index (χ1n) is 6.69. The van der Waals surface area contributed by atoms with E-state index in [1.54, 1.807) is 0 Å². The van der Waals surface area contributed by atoms with E-state index in [0.29, 0.717) is 25.3 Å². The second-order valence-electron chi connectivity index (χ2n) is 5.15. The molecule has 0 saturated carbocycles. The van der Waals surface area contributed by atoms with Crippen LogP contribution in [0.5, 0.6) is 0 Å². The quantitative estimate of drug-likeness (QED) is 0.690. The van der Waals surface area contributed by atoms with Crippen molar-refractivity contribution >= 4 is 15.8 Å². The summed E-state index contributed by atoms with van der Waals surface area (Å²) in [4.78, 5) is 11.5. The third-order valence-electron chi connectivity index (χ3n) is 2.96. The van der Waals surface area contributed by atoms with Crippen LogP contribution < -0.4 is 5.73 Å². The Morgan fingerprint density at radius 2 is 1.95 bits per heavy atom. The van der Waals surface area contributed by atoms with Crippen LogP contribution in [0.2, 0.25) is 0 Å². The molecule has 0 aliphatic carbocycles. The van der Waals surface area contributed by atoms with Crippen molar-refractivity contribution in [2.75, 3.05) is 13.7 Å². The molecule has 1 unspecified atom stereocenters. The standard InChI is InChI=1S/C12H22N4O4S/c1-8(2)7-16-10(5-6-13)14-15-12(16)21(18,19)9(3)11(17)20-4/h8-9H,5-7,13H2,1-4H3. The van der Waals surface area contributed by atoms with Gasteiger partial charge in [-0.25, -0.2) is 8.42 Å². The largest absolute Gasteiger partial charge is 0.468 e. The normalized spacial score (nSPS) is 13.4. The number of carbonyl (C=O) groups excluding carboxylic acids is 1. The van der Waals surface area contributed by atoms with Crippen molar-refractivity contribution in [3.05, 3.63) is 5.82 Å². The van der Waals surface area contributed by atoms with Crippen LogP contribution in [0.4, 0.5) is 0 Å². The summed E-state index contributed by atoms with van der Waals surface area (Å²) in [6, 6.07) is 0. The highest BCUT2D eigenvalue weighted by molar-refractivity contribution is 7.92. The van der Waals surface area contributed by atoms with Gasteiger partial charge in [-0.05, 0) is 19.4 Å². The number of carbonyl (C=O) groups is 1. The number of methoxy groups -OCH3 is 1. The van der Waals surface area contributed by atoms with Crippen molar-refractivity contribution in [1.82, 2.24) is 14.8 Å². The molecule has 9 heteroatoms. The second kappa shape index (κ2) is 6.99. The minimum atomic E-state index is -3.95. The van der Waals surface area contributed by atoms with E-state index in [-0.39, 0.29) is 11.1 Å². The van der Waals surface area contributed by atoms with Gasteiger partial charge in [0.15, 0.2) is 5.25 Å². The maximum absolute atomic E-state index is 12.5. The molecule has 8 nitrogen and oxygen atoms in total. The van der Waals surface area contributed by atoms with Gasteiger partial charge < -0.3 is 15.0 Å². The number of hydrogen-bond donors (Lipinski definition) is 1. The van der Waals surface area contributed by atoms with Gasteiger partial charge in [0, 0.05) is 13.0 Å². The summed E-state index contributed by atoms with van der Waals surface area (Å²) in [7, 11) is -2.80. The number of esters is 1. The van der Waals surface area contributed by atoms with E-state index in [2.05, 4.69) is 14.9 Å². The Labute approximate surface area is 124 Å². The number of ether oxygens (including phenoxy) is 1. The molecule has 120 valence electrons. The van der Waals surface area contributed by atoms with E-state index in [0.717, 1.165) is 7.11 Å². The van der Waals surface area contributed by atoms with Crippen LogP contribution in [0.15, 0.2) is 5.16 Å². The summed E-state index contributed by atoms with van der Waals surface area (Å²) in [5.41, 5.74) is 5.50. The number of aromatic nitrogens is 3. The zero-order valence-corrected chi connectivity index (χ0v) is 13.6. The maximum atomic E-state index is 12.5. The molecule has 1 heterocycles. The molecule has 2 N–H and O–H groups in total. The molecule has 0 amide bonds. The first-order valence-corrected chi connectivity index (χ1v) is 8.24. The van der Waals surface area contributed by atoms with Gasteiger partial charge in [0.1, 0.15) is 5.82 Å². The molecule has 1 aromatic heterocycles. The summed E-state index contributed by atoms with van der Waals surface area (Å²) < 4.78 is 31.0. The molecule has 1 aromatic rings. The van der Waals surface area contributed by atoms with Crippen molar-refractivity contribution in [2.45, 2.75) is 44.1 Å². The minimum Gasteiger partial charge on any atom is -0.468 e. The van der Waals surface area contributed by atoms with Crippen molar-refractivity contribution in [3.8, 4) is 0 Å². The minimum absolute atomic E-state index is 0.194. The first kappa shape index (κ1) is 17.6. The highest BCUT2D eigenvalue weighted by atomic mass is 32.2. The predicted molar refractivity (Wildman–Crippen MR) is 76.3 cm³/mol. The van der Waals surface area contributed by atoms with Crippen molar-refractivity contribution in [1.29, 1.82) is 0 Å². The lowest BCUT2D eigenvalue weighted by molar-refractivity contribution is -0.139. The van der Waals surface area contributed by atoms with Gasteiger partial charge in [-0.1, -0.05) is 13.8 Å². The summed E-state index contributed by atoms with van der Waals surface area (Å²) in [5, 5.41) is 6.11. The summed E-state index contributed by atoms with van der Waals surface area (Å²) >= 11 is 0. The summed E-state index contributed by atoms with van der Waals surface area (Å²) in [6.07, 6.45) is 0.418. The van der Waals surface area contributed by atoms with Crippen LogP contribution in [0, 0.1) is 5.92 Å². The Morgan fingerprint density at radius 1 is 1.33 bits per heavy atom. The molecule has 0 spiro atoms. The van der Waals surface area contributed by atoms with Gasteiger partial charge in [-0.2, -0.15) is 0 Å². The summed E-state index contributed by atoms with van der Waals surface area (Å²) in [6.45, 7) is 5.95. The molecule has 0 saturated heterocycles. The number of nitrogens with two attached hydrogens (primary N) is 1. The molecule has 21 heavy (non-hydrogen) atoms. The molecule has 0 aliphatic rings. The van der Waals surface area contributed by atoms with E-state index < -0.39 is 21.1 Å². The number of hydrogen-bond acceptors (Lipinski definition) is 7. The van der Waals surface area contributed by atoms with E-state index >= 15 is 0 Å². The lowest BCUT2D eigenvalue weighted by Gasteiger charge is -2.14. The zero-order valence-electron chi connectivity index (χ0n) is 12.7. The molecule has 1 rings (SSSR count). The third kappa shape index (κ3) is 3.79. The molecule has 1 atom stereocenters. The fourth-order valence-corrected chi connectivity index (χ4v) is 3.15. The maximum Gasteiger partial charge on any atom is 0.324 e. The highest BCUT2D eigenvalue weighted by Gasteiger charge is 2.35. The number of nitrogens with zero attached hydrogens (tertiary/aromatic N) is 3. The van der Waals surface area contributed by atoms with Crippen LogP contribution in [0.25, 0.3) is 0 Å². The monoisotopic (exact) mass is 318 g/mol. The predicted octanol–water partition coefficient (Wildman–Crippen LogP) is -0.229. The highest BCUT2D eigenvalue weighted by Crippen LogP contribution is 2.18. The van der Waals surface area contributed by atoms with E-state index in [1.165, 1.54) is 11.5 Å². The van der Waals surface area contributed by atoms with Crippen LogP contribution in [-0.4, -0.2) is 48.1 Å². The topological polar surface area (TPSA) is 117 Å². The smallest absolute Gasteiger partial charge is 0.324 e. The Kier molecular flexibility index (Phi) is 5.85. The number of rotatable bonds is 7. The molecule has 0 radical (unpaired) electrons. The van der Waals surface area contributed by atoms with Crippen LogP contribution >= 0.6 is 0 Å². The molecular weight excluding hydrogens is 296 g/mol. The Bertz CT molecular complexity index is 594. The molecule has 0 aromatic carbocycles. The van der Waals surface area contributed by atoms with Crippen molar-refractivity contribution in [3.63, 3.8) is 0 Å². The van der Waals surface area contributed by atoms with Crippen LogP contribution in [0.1, 0.15) is 26.6 Å². The van der Waals surface area contributed by atoms with Crippen LogP contribution in [-0.2, 0) is 32.3 Å². The Balaban J connectivity index is 3.31. The van der Waals surface area contributed by atoms with Crippen molar-refractivity contribution in [2.24, 2.45) is 11.7 Å². The average molecular weight is 318 g/mol. The van der Waals surface area contributed by atoms with Gasteiger partial charge in [-0.3, -0.25) is 4.79 Å². The van der Waals surface area contributed by atoms with Gasteiger partial charge in [0.25, 0.3) is 5.16 Å². The third-order valence-corrected chi connectivity index (χ3v) is 4.90. The first-order chi connectivity index (χ1) is 9.75. The molecule has 0 aliphatic heterocycles. The number of sulfone groups is 1. The molecule has 0 bridgehead atoms. The van der Waals surface area contributed by atoms with E-state index in [4.69, 9.17) is 5.73 Å². The van der Waals surface area contributed by atoms with E-state index in [1.807, 2.05) is 13.8 Å². The molecule has 0 fully saturated rings. The average Bonchev–Trinajstić information content (AvgIpc) is 2.80. The lowest BCUT2D eigenvalue weighted by Crippen LogP contribution is -2.31. The summed E-state index contributed by atoms with van der Waals surface area (Å²) in [5.74, 6) is -0.129. The zero-order chi connectivity index (χ0) is 16.2. The van der Waals surface area contributed by atoms with Gasteiger partial charge in [0.05, 0.1) is 7.11 Å². The fraction of sp³-hybridized carbons (Fsp3) is 0.750. The SMILES string of the molecule is COC(=O)C(C)S(=O)(=O)c1nnc(CCN)n1CC(C)C. The van der Waals surface area contributed by atoms with Gasteiger partial charge >= 0.3 is 5.97 Å². The lowest BCUT2D eigenvalue weighted by atomic mass is 10.2. The Morgan fingerprint density at radius 3 is 2.43 bits per heavy atom. The van der Waals surface area contributed by atoms with E-state index in [9.17, 15) is 13.2 Å². The Hall–Kier alpha value is -1.48. The van der Waals surface area contributed by atoms with Crippen molar-refractivity contribution < 1.29 is 17.9 Å². The fourth-order valence-electron chi connectivity index (χ4n) is 1.84. The van der Waals surface area contributed by atoms with Crippen LogP contribution in [0.3, 0.4) is 0 Å². The second-order valence-corrected chi connectivity index (χ2v) is 7.31.